The van der Waals surface area contributed by atoms with Crippen LogP contribution in [-0.2, 0) is 4.79 Å². The summed E-state index contributed by atoms with van der Waals surface area (Å²) in [4.78, 5) is 12.9. The van der Waals surface area contributed by atoms with Crippen molar-refractivity contribution in [3.05, 3.63) is 23.2 Å². The normalized spacial score (nSPS) is 9.75. The first kappa shape index (κ1) is 12.6. The number of carbonyl (C=O) groups is 1. The highest BCUT2D eigenvalue weighted by atomic mass is 35.5. The van der Waals surface area contributed by atoms with Crippen LogP contribution in [0.25, 0.3) is 0 Å². The second-order valence-corrected chi connectivity index (χ2v) is 3.89. The van der Waals surface area contributed by atoms with Crippen LogP contribution in [0.3, 0.4) is 0 Å². The predicted molar refractivity (Wildman–Crippen MR) is 65.2 cm³/mol. The summed E-state index contributed by atoms with van der Waals surface area (Å²) in [6, 6.07) is 5.25. The second kappa shape index (κ2) is 5.61. The van der Waals surface area contributed by atoms with E-state index in [-0.39, 0.29) is 12.5 Å². The lowest BCUT2D eigenvalue weighted by atomic mass is 10.3. The molecule has 1 aromatic carbocycles. The molecule has 0 unspecified atom stereocenters. The molecular formula is C11H15ClN2O2. The standard InChI is InChI=1S/C11H15ClN2O2/c1-14(2)11(15)7-13-10-6-8(16-3)4-5-9(10)12/h4-6,13H,7H2,1-3H3. The van der Waals surface area contributed by atoms with Crippen LogP contribution < -0.4 is 10.1 Å². The molecule has 0 saturated heterocycles. The maximum absolute atomic E-state index is 11.4. The molecule has 0 aliphatic rings. The predicted octanol–water partition coefficient (Wildman–Crippen LogP) is 1.85. The average molecular weight is 243 g/mol. The zero-order valence-electron chi connectivity index (χ0n) is 9.58. The van der Waals surface area contributed by atoms with E-state index >= 15 is 0 Å². The highest BCUT2D eigenvalue weighted by molar-refractivity contribution is 6.33. The molecule has 0 aromatic heterocycles. The van der Waals surface area contributed by atoms with Crippen LogP contribution in [0, 0.1) is 0 Å². The van der Waals surface area contributed by atoms with Gasteiger partial charge in [0.1, 0.15) is 5.75 Å². The molecule has 0 spiro atoms. The molecule has 1 N–H and O–H groups in total. The molecular weight excluding hydrogens is 228 g/mol. The van der Waals surface area contributed by atoms with Crippen molar-refractivity contribution in [2.45, 2.75) is 0 Å². The van der Waals surface area contributed by atoms with Crippen LogP contribution in [0.2, 0.25) is 5.02 Å². The zero-order valence-corrected chi connectivity index (χ0v) is 10.3. The van der Waals surface area contributed by atoms with E-state index < -0.39 is 0 Å². The molecule has 0 aliphatic heterocycles. The summed E-state index contributed by atoms with van der Waals surface area (Å²) in [5, 5.41) is 3.53. The van der Waals surface area contributed by atoms with Gasteiger partial charge in [-0.2, -0.15) is 0 Å². The van der Waals surface area contributed by atoms with Gasteiger partial charge < -0.3 is 15.0 Å². The number of hydrogen-bond donors (Lipinski definition) is 1. The van der Waals surface area contributed by atoms with Gasteiger partial charge in [-0.1, -0.05) is 11.6 Å². The topological polar surface area (TPSA) is 41.6 Å². The van der Waals surface area contributed by atoms with Crippen molar-refractivity contribution < 1.29 is 9.53 Å². The van der Waals surface area contributed by atoms with E-state index in [9.17, 15) is 4.79 Å². The number of carbonyl (C=O) groups excluding carboxylic acids is 1. The van der Waals surface area contributed by atoms with Gasteiger partial charge in [0.2, 0.25) is 5.91 Å². The van der Waals surface area contributed by atoms with Crippen molar-refractivity contribution in [2.75, 3.05) is 33.1 Å². The molecule has 1 aromatic rings. The summed E-state index contributed by atoms with van der Waals surface area (Å²) < 4.78 is 5.07. The highest BCUT2D eigenvalue weighted by Crippen LogP contribution is 2.26. The van der Waals surface area contributed by atoms with Gasteiger partial charge in [0, 0.05) is 20.2 Å². The van der Waals surface area contributed by atoms with E-state index in [4.69, 9.17) is 16.3 Å². The molecule has 4 nitrogen and oxygen atoms in total. The number of methoxy groups -OCH3 is 1. The van der Waals surface area contributed by atoms with Crippen LogP contribution in [0.15, 0.2) is 18.2 Å². The molecule has 0 bridgehead atoms. The number of benzene rings is 1. The smallest absolute Gasteiger partial charge is 0.241 e. The molecule has 0 aliphatic carbocycles. The number of rotatable bonds is 4. The average Bonchev–Trinajstić information content (AvgIpc) is 2.27. The third kappa shape index (κ3) is 3.31. The molecule has 0 saturated carbocycles. The van der Waals surface area contributed by atoms with Crippen LogP contribution >= 0.6 is 11.6 Å². The summed E-state index contributed by atoms with van der Waals surface area (Å²) in [5.74, 6) is 0.683. The summed E-state index contributed by atoms with van der Waals surface area (Å²) >= 11 is 5.97. The van der Waals surface area contributed by atoms with Gasteiger partial charge in [-0.25, -0.2) is 0 Å². The summed E-state index contributed by atoms with van der Waals surface area (Å²) in [6.07, 6.45) is 0. The minimum Gasteiger partial charge on any atom is -0.497 e. The number of amides is 1. The van der Waals surface area contributed by atoms with Crippen molar-refractivity contribution in [1.29, 1.82) is 0 Å². The van der Waals surface area contributed by atoms with Gasteiger partial charge in [-0.3, -0.25) is 4.79 Å². The van der Waals surface area contributed by atoms with Gasteiger partial charge in [-0.05, 0) is 12.1 Å². The number of likely N-dealkylation sites (N-methyl/N-ethyl adjacent to an activating group) is 1. The quantitative estimate of drug-likeness (QED) is 0.876. The Hall–Kier alpha value is -1.42. The Balaban J connectivity index is 2.69. The fraction of sp³-hybridized carbons (Fsp3) is 0.364. The van der Waals surface area contributed by atoms with E-state index in [1.807, 2.05) is 0 Å². The number of ether oxygens (including phenoxy) is 1. The number of nitrogens with zero attached hydrogens (tertiary/aromatic N) is 1. The molecule has 5 heteroatoms. The van der Waals surface area contributed by atoms with Gasteiger partial charge in [0.05, 0.1) is 24.4 Å². The van der Waals surface area contributed by atoms with Crippen LogP contribution in [0.4, 0.5) is 5.69 Å². The van der Waals surface area contributed by atoms with Crippen molar-refractivity contribution >= 4 is 23.2 Å². The first-order chi connectivity index (χ1) is 7.54. The number of anilines is 1. The Morgan fingerprint density at radius 3 is 2.75 bits per heavy atom. The van der Waals surface area contributed by atoms with Crippen LogP contribution in [0.1, 0.15) is 0 Å². The summed E-state index contributed by atoms with van der Waals surface area (Å²) in [7, 11) is 4.99. The number of halogens is 1. The Kier molecular flexibility index (Phi) is 4.43. The molecule has 1 amide bonds. The molecule has 0 atom stereocenters. The number of nitrogens with one attached hydrogen (secondary N) is 1. The van der Waals surface area contributed by atoms with E-state index in [2.05, 4.69) is 5.32 Å². The third-order valence-corrected chi connectivity index (χ3v) is 2.43. The Bertz CT molecular complexity index is 380. The maximum atomic E-state index is 11.4. The maximum Gasteiger partial charge on any atom is 0.241 e. The fourth-order valence-electron chi connectivity index (χ4n) is 1.10. The zero-order chi connectivity index (χ0) is 12.1. The van der Waals surface area contributed by atoms with E-state index in [1.165, 1.54) is 4.90 Å². The number of hydrogen-bond acceptors (Lipinski definition) is 3. The second-order valence-electron chi connectivity index (χ2n) is 3.49. The lowest BCUT2D eigenvalue weighted by Crippen LogP contribution is -2.28. The molecule has 0 heterocycles. The Morgan fingerprint density at radius 2 is 2.19 bits per heavy atom. The minimum atomic E-state index is -0.0149. The monoisotopic (exact) mass is 242 g/mol. The van der Waals surface area contributed by atoms with Gasteiger partial charge >= 0.3 is 0 Å². The van der Waals surface area contributed by atoms with Crippen LogP contribution in [-0.4, -0.2) is 38.6 Å². The molecule has 88 valence electrons. The fourth-order valence-corrected chi connectivity index (χ4v) is 1.28. The lowest BCUT2D eigenvalue weighted by Gasteiger charge is -2.13. The molecule has 0 radical (unpaired) electrons. The van der Waals surface area contributed by atoms with Crippen molar-refractivity contribution in [3.63, 3.8) is 0 Å². The lowest BCUT2D eigenvalue weighted by molar-refractivity contribution is -0.126. The SMILES string of the molecule is COc1ccc(Cl)c(NCC(=O)N(C)C)c1. The summed E-state index contributed by atoms with van der Waals surface area (Å²) in [6.45, 7) is 0.208. The first-order valence-electron chi connectivity index (χ1n) is 4.82. The minimum absolute atomic E-state index is 0.0149. The molecule has 1 rings (SSSR count). The van der Waals surface area contributed by atoms with Gasteiger partial charge in [0.25, 0.3) is 0 Å². The Morgan fingerprint density at radius 1 is 1.50 bits per heavy atom. The van der Waals surface area contributed by atoms with E-state index in [1.54, 1.807) is 39.4 Å². The molecule has 0 fully saturated rings. The Labute approximate surface area is 100 Å². The van der Waals surface area contributed by atoms with Crippen molar-refractivity contribution in [2.24, 2.45) is 0 Å². The van der Waals surface area contributed by atoms with Gasteiger partial charge in [-0.15, -0.1) is 0 Å². The largest absolute Gasteiger partial charge is 0.497 e. The highest BCUT2D eigenvalue weighted by Gasteiger charge is 2.06. The van der Waals surface area contributed by atoms with Crippen molar-refractivity contribution in [1.82, 2.24) is 4.90 Å². The van der Waals surface area contributed by atoms with Gasteiger partial charge in [0.15, 0.2) is 0 Å². The summed E-state index contributed by atoms with van der Waals surface area (Å²) in [5.41, 5.74) is 0.691. The molecule has 16 heavy (non-hydrogen) atoms. The van der Waals surface area contributed by atoms with Crippen LogP contribution in [0.5, 0.6) is 5.75 Å². The first-order valence-corrected chi connectivity index (χ1v) is 5.20. The van der Waals surface area contributed by atoms with Crippen molar-refractivity contribution in [3.8, 4) is 5.75 Å². The third-order valence-electron chi connectivity index (χ3n) is 2.10. The van der Waals surface area contributed by atoms with E-state index in [0.29, 0.717) is 16.5 Å². The van der Waals surface area contributed by atoms with E-state index in [0.717, 1.165) is 0 Å².